The van der Waals surface area contributed by atoms with Crippen molar-refractivity contribution in [1.82, 2.24) is 15.1 Å². The average molecular weight is 474 g/mol. The number of nitrogens with zero attached hydrogens (tertiary/aromatic N) is 3. The molecule has 0 atom stereocenters. The van der Waals surface area contributed by atoms with Crippen LogP contribution in [0.1, 0.15) is 32.8 Å². The van der Waals surface area contributed by atoms with Crippen molar-refractivity contribution < 1.29 is 9.59 Å². The number of thiophene rings is 1. The first-order chi connectivity index (χ1) is 16.6. The highest BCUT2D eigenvalue weighted by Gasteiger charge is 2.19. The minimum absolute atomic E-state index is 0.156. The number of benzene rings is 2. The number of carbonyl (C=O) groups is 2. The van der Waals surface area contributed by atoms with E-state index in [-0.39, 0.29) is 11.9 Å². The van der Waals surface area contributed by atoms with Crippen molar-refractivity contribution in [3.8, 4) is 6.07 Å². The highest BCUT2D eigenvalue weighted by Crippen LogP contribution is 2.15. The first-order valence-corrected chi connectivity index (χ1v) is 12.2. The number of anilines is 1. The molecule has 1 saturated heterocycles. The van der Waals surface area contributed by atoms with Gasteiger partial charge in [-0.3, -0.25) is 9.69 Å². The molecule has 4 rings (SSSR count). The van der Waals surface area contributed by atoms with Crippen molar-refractivity contribution in [2.24, 2.45) is 0 Å². The molecule has 2 N–H and O–H groups in total. The number of urea groups is 1. The molecule has 174 valence electrons. The van der Waals surface area contributed by atoms with E-state index in [1.807, 2.05) is 46.7 Å². The van der Waals surface area contributed by atoms with Crippen LogP contribution in [0.15, 0.2) is 66.0 Å². The Kier molecular flexibility index (Phi) is 7.91. The largest absolute Gasteiger partial charge is 0.347 e. The van der Waals surface area contributed by atoms with E-state index in [1.54, 1.807) is 35.6 Å². The van der Waals surface area contributed by atoms with E-state index >= 15 is 0 Å². The summed E-state index contributed by atoms with van der Waals surface area (Å²) >= 11 is 1.60. The lowest BCUT2D eigenvalue weighted by atomic mass is 10.1. The van der Waals surface area contributed by atoms with Crippen molar-refractivity contribution in [1.29, 1.82) is 5.26 Å². The van der Waals surface area contributed by atoms with Gasteiger partial charge in [-0.15, -0.1) is 11.3 Å². The molecule has 0 radical (unpaired) electrons. The predicted molar refractivity (Wildman–Crippen MR) is 134 cm³/mol. The zero-order valence-corrected chi connectivity index (χ0v) is 19.7. The predicted octanol–water partition coefficient (Wildman–Crippen LogP) is 4.29. The highest BCUT2D eigenvalue weighted by atomic mass is 32.1. The lowest BCUT2D eigenvalue weighted by Crippen LogP contribution is -2.38. The average Bonchev–Trinajstić information content (AvgIpc) is 3.28. The maximum atomic E-state index is 12.9. The van der Waals surface area contributed by atoms with Crippen LogP contribution in [0.2, 0.25) is 0 Å². The number of hydrogen-bond acceptors (Lipinski definition) is 5. The Morgan fingerprint density at radius 2 is 1.85 bits per heavy atom. The summed E-state index contributed by atoms with van der Waals surface area (Å²) in [6, 6.07) is 20.6. The summed E-state index contributed by atoms with van der Waals surface area (Å²) < 4.78 is 0. The molecule has 0 bridgehead atoms. The topological polar surface area (TPSA) is 88.5 Å². The van der Waals surface area contributed by atoms with Crippen molar-refractivity contribution in [3.63, 3.8) is 0 Å². The standard InChI is InChI=1S/C26H27N5O2S/c27-17-20-7-9-21(10-8-20)19-30-11-3-12-31(14-13-30)26(33)29-23-5-1-4-22(16-23)25(32)28-18-24-6-2-15-34-24/h1-2,4-10,15-16H,3,11-14,18-19H2,(H,28,32)(H,29,33). The van der Waals surface area contributed by atoms with Crippen LogP contribution in [-0.2, 0) is 13.1 Å². The molecule has 8 heteroatoms. The second kappa shape index (κ2) is 11.5. The summed E-state index contributed by atoms with van der Waals surface area (Å²) in [5.74, 6) is -0.169. The van der Waals surface area contributed by atoms with Crippen LogP contribution >= 0.6 is 11.3 Å². The second-order valence-electron chi connectivity index (χ2n) is 8.20. The molecular formula is C26H27N5O2S. The number of nitriles is 1. The minimum Gasteiger partial charge on any atom is -0.347 e. The molecule has 34 heavy (non-hydrogen) atoms. The van der Waals surface area contributed by atoms with Gasteiger partial charge < -0.3 is 15.5 Å². The Hall–Kier alpha value is -3.67. The number of rotatable bonds is 6. The van der Waals surface area contributed by atoms with Gasteiger partial charge in [-0.1, -0.05) is 24.3 Å². The Morgan fingerprint density at radius 1 is 1.00 bits per heavy atom. The highest BCUT2D eigenvalue weighted by molar-refractivity contribution is 7.09. The van der Waals surface area contributed by atoms with Gasteiger partial charge >= 0.3 is 6.03 Å². The van der Waals surface area contributed by atoms with E-state index in [9.17, 15) is 9.59 Å². The second-order valence-corrected chi connectivity index (χ2v) is 9.23. The Balaban J connectivity index is 1.29. The third kappa shape index (κ3) is 6.44. The summed E-state index contributed by atoms with van der Waals surface area (Å²) in [6.07, 6.45) is 0.884. The van der Waals surface area contributed by atoms with E-state index < -0.39 is 0 Å². The minimum atomic E-state index is -0.169. The van der Waals surface area contributed by atoms with Crippen LogP contribution < -0.4 is 10.6 Å². The van der Waals surface area contributed by atoms with Gasteiger partial charge in [0.2, 0.25) is 0 Å². The molecule has 1 aromatic heterocycles. The lowest BCUT2D eigenvalue weighted by molar-refractivity contribution is 0.0951. The molecule has 1 aliphatic heterocycles. The van der Waals surface area contributed by atoms with Gasteiger partial charge in [0.25, 0.3) is 5.91 Å². The van der Waals surface area contributed by atoms with Crippen molar-refractivity contribution >= 4 is 29.0 Å². The van der Waals surface area contributed by atoms with Gasteiger partial charge in [0.1, 0.15) is 0 Å². The van der Waals surface area contributed by atoms with E-state index in [2.05, 4.69) is 21.6 Å². The maximum Gasteiger partial charge on any atom is 0.321 e. The van der Waals surface area contributed by atoms with Crippen LogP contribution in [0.25, 0.3) is 0 Å². The third-order valence-corrected chi connectivity index (χ3v) is 6.62. The number of nitrogens with one attached hydrogen (secondary N) is 2. The van der Waals surface area contributed by atoms with Crippen LogP contribution in [0.4, 0.5) is 10.5 Å². The number of amides is 3. The van der Waals surface area contributed by atoms with E-state index in [1.165, 1.54) is 0 Å². The number of carbonyl (C=O) groups excluding carboxylic acids is 2. The maximum absolute atomic E-state index is 12.9. The van der Waals surface area contributed by atoms with Crippen molar-refractivity contribution in [3.05, 3.63) is 87.6 Å². The van der Waals surface area contributed by atoms with Crippen molar-refractivity contribution in [2.45, 2.75) is 19.5 Å². The smallest absolute Gasteiger partial charge is 0.321 e. The molecule has 0 unspecified atom stereocenters. The van der Waals surface area contributed by atoms with Crippen LogP contribution in [0, 0.1) is 11.3 Å². The van der Waals surface area contributed by atoms with Gasteiger partial charge in [0, 0.05) is 48.9 Å². The Morgan fingerprint density at radius 3 is 2.62 bits per heavy atom. The summed E-state index contributed by atoms with van der Waals surface area (Å²) in [7, 11) is 0. The summed E-state index contributed by atoms with van der Waals surface area (Å²) in [5, 5.41) is 16.8. The van der Waals surface area contributed by atoms with Crippen molar-refractivity contribution in [2.75, 3.05) is 31.5 Å². The Bertz CT molecular complexity index is 1150. The quantitative estimate of drug-likeness (QED) is 0.559. The molecule has 1 fully saturated rings. The zero-order chi connectivity index (χ0) is 23.8. The molecule has 7 nitrogen and oxygen atoms in total. The SMILES string of the molecule is N#Cc1ccc(CN2CCCN(C(=O)Nc3cccc(C(=O)NCc4cccs4)c3)CC2)cc1. The monoisotopic (exact) mass is 473 g/mol. The van der Waals surface area contributed by atoms with Gasteiger partial charge in [-0.25, -0.2) is 4.79 Å². The fourth-order valence-corrected chi connectivity index (χ4v) is 4.54. The summed E-state index contributed by atoms with van der Waals surface area (Å²) in [4.78, 5) is 30.6. The molecule has 0 spiro atoms. The lowest BCUT2D eigenvalue weighted by Gasteiger charge is -2.22. The molecule has 3 amide bonds. The fourth-order valence-electron chi connectivity index (χ4n) is 3.90. The summed E-state index contributed by atoms with van der Waals surface area (Å²) in [6.45, 7) is 4.27. The van der Waals surface area contributed by atoms with Gasteiger partial charge in [-0.05, 0) is 53.8 Å². The van der Waals surface area contributed by atoms with E-state index in [0.717, 1.165) is 36.5 Å². The first kappa shape index (κ1) is 23.5. The van der Waals surface area contributed by atoms with Crippen LogP contribution in [-0.4, -0.2) is 47.9 Å². The molecule has 2 aromatic carbocycles. The normalized spacial score (nSPS) is 14.1. The fraction of sp³-hybridized carbons (Fsp3) is 0.269. The molecule has 3 aromatic rings. The van der Waals surface area contributed by atoms with Gasteiger partial charge in [-0.2, -0.15) is 5.26 Å². The molecular weight excluding hydrogens is 446 g/mol. The molecule has 0 aliphatic carbocycles. The van der Waals surface area contributed by atoms with Crippen LogP contribution in [0.5, 0.6) is 0 Å². The Labute approximate surface area is 203 Å². The van der Waals surface area contributed by atoms with E-state index in [0.29, 0.717) is 36.4 Å². The first-order valence-electron chi connectivity index (χ1n) is 11.3. The van der Waals surface area contributed by atoms with Gasteiger partial charge in [0.05, 0.1) is 18.2 Å². The van der Waals surface area contributed by atoms with Gasteiger partial charge in [0.15, 0.2) is 0 Å². The number of hydrogen-bond donors (Lipinski definition) is 2. The molecule has 2 heterocycles. The summed E-state index contributed by atoms with van der Waals surface area (Å²) in [5.41, 5.74) is 2.93. The van der Waals surface area contributed by atoms with Crippen LogP contribution in [0.3, 0.4) is 0 Å². The zero-order valence-electron chi connectivity index (χ0n) is 18.9. The molecule has 0 saturated carbocycles. The van der Waals surface area contributed by atoms with E-state index in [4.69, 9.17) is 5.26 Å². The molecule has 1 aliphatic rings. The third-order valence-electron chi connectivity index (χ3n) is 5.74.